The van der Waals surface area contributed by atoms with Gasteiger partial charge in [0.15, 0.2) is 0 Å². The fourth-order valence-electron chi connectivity index (χ4n) is 2.00. The van der Waals surface area contributed by atoms with Gasteiger partial charge in [0.2, 0.25) is 0 Å². The Labute approximate surface area is 114 Å². The molecule has 0 saturated carbocycles. The topological polar surface area (TPSA) is 53.1 Å². The molecule has 2 rings (SSSR count). The molecule has 2 aromatic rings. The summed E-state index contributed by atoms with van der Waals surface area (Å²) in [5.41, 5.74) is 9.19. The molecular weight excluding hydrogens is 238 g/mol. The summed E-state index contributed by atoms with van der Waals surface area (Å²) in [6.45, 7) is 4.58. The number of aromatic nitrogens is 2. The van der Waals surface area contributed by atoms with Gasteiger partial charge in [-0.05, 0) is 37.1 Å². The third kappa shape index (κ3) is 3.35. The zero-order valence-electron chi connectivity index (χ0n) is 11.8. The van der Waals surface area contributed by atoms with Crippen molar-refractivity contribution in [2.24, 2.45) is 12.8 Å². The van der Waals surface area contributed by atoms with E-state index >= 15 is 0 Å². The average Bonchev–Trinajstić information content (AvgIpc) is 2.74. The summed E-state index contributed by atoms with van der Waals surface area (Å²) in [5, 5.41) is 4.29. The minimum atomic E-state index is 0.105. The van der Waals surface area contributed by atoms with E-state index in [1.807, 2.05) is 49.0 Å². The number of benzene rings is 1. The lowest BCUT2D eigenvalue weighted by atomic mass is 10.1. The van der Waals surface area contributed by atoms with Crippen LogP contribution in [-0.2, 0) is 13.7 Å². The molecule has 1 aromatic carbocycles. The summed E-state index contributed by atoms with van der Waals surface area (Å²) < 4.78 is 7.60. The maximum Gasteiger partial charge on any atom is 0.130 e. The van der Waals surface area contributed by atoms with Gasteiger partial charge in [-0.15, -0.1) is 0 Å². The van der Waals surface area contributed by atoms with Gasteiger partial charge in [-0.3, -0.25) is 4.68 Å². The van der Waals surface area contributed by atoms with Crippen LogP contribution in [0.1, 0.15) is 36.3 Å². The lowest BCUT2D eigenvalue weighted by Gasteiger charge is -2.11. The summed E-state index contributed by atoms with van der Waals surface area (Å²) in [6, 6.07) is 10.1. The molecular formula is C15H21N3O. The normalized spacial score (nSPS) is 12.4. The molecule has 1 aromatic heterocycles. The molecule has 0 aliphatic carbocycles. The predicted octanol–water partition coefficient (Wildman–Crippen LogP) is 2.72. The van der Waals surface area contributed by atoms with E-state index in [2.05, 4.69) is 12.0 Å². The second-order valence-corrected chi connectivity index (χ2v) is 4.77. The second-order valence-electron chi connectivity index (χ2n) is 4.77. The van der Waals surface area contributed by atoms with Gasteiger partial charge in [-0.25, -0.2) is 0 Å². The van der Waals surface area contributed by atoms with E-state index in [4.69, 9.17) is 10.5 Å². The van der Waals surface area contributed by atoms with Crippen LogP contribution in [0.25, 0.3) is 0 Å². The molecule has 0 unspecified atom stereocenters. The quantitative estimate of drug-likeness (QED) is 0.898. The Kier molecular flexibility index (Phi) is 4.22. The van der Waals surface area contributed by atoms with Gasteiger partial charge in [0.05, 0.1) is 11.4 Å². The fraction of sp³-hybridized carbons (Fsp3) is 0.400. The number of nitrogens with two attached hydrogens (primary N) is 1. The van der Waals surface area contributed by atoms with Crippen molar-refractivity contribution < 1.29 is 4.74 Å². The van der Waals surface area contributed by atoms with E-state index in [0.717, 1.165) is 29.1 Å². The molecule has 4 nitrogen and oxygen atoms in total. The summed E-state index contributed by atoms with van der Waals surface area (Å²) >= 11 is 0. The van der Waals surface area contributed by atoms with Gasteiger partial charge >= 0.3 is 0 Å². The Hall–Kier alpha value is -1.81. The van der Waals surface area contributed by atoms with Crippen molar-refractivity contribution in [1.82, 2.24) is 9.78 Å². The van der Waals surface area contributed by atoms with Crippen molar-refractivity contribution >= 4 is 0 Å². The lowest BCUT2D eigenvalue weighted by Crippen LogP contribution is -2.08. The third-order valence-electron chi connectivity index (χ3n) is 3.23. The molecule has 0 fully saturated rings. The van der Waals surface area contributed by atoms with Crippen molar-refractivity contribution in [2.45, 2.75) is 32.9 Å². The number of ether oxygens (including phenoxy) is 1. The first-order chi connectivity index (χ1) is 9.10. The van der Waals surface area contributed by atoms with Gasteiger partial charge < -0.3 is 10.5 Å². The Bertz CT molecular complexity index is 531. The highest BCUT2D eigenvalue weighted by Gasteiger charge is 2.05. The molecule has 19 heavy (non-hydrogen) atoms. The van der Waals surface area contributed by atoms with Crippen molar-refractivity contribution in [1.29, 1.82) is 0 Å². The van der Waals surface area contributed by atoms with Crippen LogP contribution in [-0.4, -0.2) is 9.78 Å². The Morgan fingerprint density at radius 1 is 1.32 bits per heavy atom. The highest BCUT2D eigenvalue weighted by molar-refractivity contribution is 5.29. The summed E-state index contributed by atoms with van der Waals surface area (Å²) in [4.78, 5) is 0. The number of nitrogens with zero attached hydrogens (tertiary/aromatic N) is 2. The average molecular weight is 259 g/mol. The molecule has 0 amide bonds. The lowest BCUT2D eigenvalue weighted by molar-refractivity contribution is 0.295. The predicted molar refractivity (Wildman–Crippen MR) is 75.9 cm³/mol. The number of hydrogen-bond acceptors (Lipinski definition) is 3. The maximum atomic E-state index is 5.98. The first-order valence-corrected chi connectivity index (χ1v) is 6.58. The van der Waals surface area contributed by atoms with Gasteiger partial charge in [-0.1, -0.05) is 19.1 Å². The van der Waals surface area contributed by atoms with Crippen LogP contribution in [0, 0.1) is 6.92 Å². The minimum Gasteiger partial charge on any atom is -0.487 e. The van der Waals surface area contributed by atoms with Crippen LogP contribution in [0.4, 0.5) is 0 Å². The van der Waals surface area contributed by atoms with Crippen molar-refractivity contribution in [3.05, 3.63) is 47.3 Å². The monoisotopic (exact) mass is 259 g/mol. The second kappa shape index (κ2) is 5.89. The van der Waals surface area contributed by atoms with Crippen molar-refractivity contribution in [3.63, 3.8) is 0 Å². The molecule has 0 radical (unpaired) electrons. The van der Waals surface area contributed by atoms with E-state index in [1.54, 1.807) is 0 Å². The van der Waals surface area contributed by atoms with E-state index in [9.17, 15) is 0 Å². The number of aryl methyl sites for hydroxylation is 2. The fourth-order valence-corrected chi connectivity index (χ4v) is 2.00. The molecule has 1 atom stereocenters. The summed E-state index contributed by atoms with van der Waals surface area (Å²) in [5.74, 6) is 0.853. The van der Waals surface area contributed by atoms with Crippen LogP contribution >= 0.6 is 0 Å². The van der Waals surface area contributed by atoms with E-state index in [1.165, 1.54) is 0 Å². The highest BCUT2D eigenvalue weighted by atomic mass is 16.5. The van der Waals surface area contributed by atoms with Gasteiger partial charge in [0, 0.05) is 13.1 Å². The standard InChI is InChI=1S/C15H21N3O/c1-4-15(16)12-5-7-14(8-6-12)19-10-13-9-11(2)17-18(13)3/h5-9,15H,4,10,16H2,1-3H3/t15-/m1/s1. The van der Waals surface area contributed by atoms with E-state index in [-0.39, 0.29) is 6.04 Å². The van der Waals surface area contributed by atoms with E-state index < -0.39 is 0 Å². The molecule has 0 bridgehead atoms. The van der Waals surface area contributed by atoms with Gasteiger partial charge in [-0.2, -0.15) is 5.10 Å². The third-order valence-corrected chi connectivity index (χ3v) is 3.23. The SMILES string of the molecule is CC[C@@H](N)c1ccc(OCc2cc(C)nn2C)cc1. The first kappa shape index (κ1) is 13.6. The molecule has 2 N–H and O–H groups in total. The minimum absolute atomic E-state index is 0.105. The molecule has 0 saturated heterocycles. The molecule has 0 aliphatic rings. The number of hydrogen-bond donors (Lipinski definition) is 1. The zero-order chi connectivity index (χ0) is 13.8. The van der Waals surface area contributed by atoms with Crippen LogP contribution < -0.4 is 10.5 Å². The van der Waals surface area contributed by atoms with Gasteiger partial charge in [0.25, 0.3) is 0 Å². The van der Waals surface area contributed by atoms with Crippen LogP contribution in [0.15, 0.2) is 30.3 Å². The smallest absolute Gasteiger partial charge is 0.130 e. The first-order valence-electron chi connectivity index (χ1n) is 6.58. The largest absolute Gasteiger partial charge is 0.487 e. The van der Waals surface area contributed by atoms with Crippen LogP contribution in [0.2, 0.25) is 0 Å². The molecule has 0 aliphatic heterocycles. The van der Waals surface area contributed by atoms with Crippen LogP contribution in [0.5, 0.6) is 5.75 Å². The molecule has 0 spiro atoms. The summed E-state index contributed by atoms with van der Waals surface area (Å²) in [6.07, 6.45) is 0.939. The Morgan fingerprint density at radius 2 is 2.00 bits per heavy atom. The zero-order valence-corrected chi connectivity index (χ0v) is 11.8. The Balaban J connectivity index is 1.98. The van der Waals surface area contributed by atoms with Crippen molar-refractivity contribution in [2.75, 3.05) is 0 Å². The van der Waals surface area contributed by atoms with Crippen LogP contribution in [0.3, 0.4) is 0 Å². The number of rotatable bonds is 5. The summed E-state index contributed by atoms with van der Waals surface area (Å²) in [7, 11) is 1.93. The highest BCUT2D eigenvalue weighted by Crippen LogP contribution is 2.19. The Morgan fingerprint density at radius 3 is 2.53 bits per heavy atom. The maximum absolute atomic E-state index is 5.98. The molecule has 4 heteroatoms. The van der Waals surface area contributed by atoms with E-state index in [0.29, 0.717) is 6.61 Å². The van der Waals surface area contributed by atoms with Gasteiger partial charge in [0.1, 0.15) is 12.4 Å². The van der Waals surface area contributed by atoms with Crippen molar-refractivity contribution in [3.8, 4) is 5.75 Å². The molecule has 1 heterocycles. The molecule has 102 valence electrons.